The van der Waals surface area contributed by atoms with Gasteiger partial charge in [0.05, 0.1) is 6.10 Å². The molecule has 30 heavy (non-hydrogen) atoms. The maximum absolute atomic E-state index is 13.0. The fraction of sp³-hybridized carbons (Fsp3) is 0.421. The molecular formula is C19H21F3O6S2. The van der Waals surface area contributed by atoms with E-state index in [2.05, 4.69) is 0 Å². The topological polar surface area (TPSA) is 78.9 Å². The normalized spacial score (nSPS) is 17.8. The number of carbonyl (C=O) groups is 1. The van der Waals surface area contributed by atoms with Crippen molar-refractivity contribution in [3.8, 4) is 5.75 Å². The smallest absolute Gasteiger partial charge is 0.431 e. The van der Waals surface area contributed by atoms with Crippen molar-refractivity contribution in [2.75, 3.05) is 11.5 Å². The van der Waals surface area contributed by atoms with Crippen LogP contribution >= 0.6 is 10.3 Å². The summed E-state index contributed by atoms with van der Waals surface area (Å²) in [5, 5.41) is 1.13. The highest BCUT2D eigenvalue weighted by Crippen LogP contribution is 2.65. The number of benzene rings is 2. The maximum Gasteiger partial charge on any atom is 0.523 e. The van der Waals surface area contributed by atoms with E-state index in [0.29, 0.717) is 28.5 Å². The first-order valence-electron chi connectivity index (χ1n) is 9.16. The van der Waals surface area contributed by atoms with Gasteiger partial charge in [-0.15, -0.1) is 0 Å². The number of ether oxygens (including phenoxy) is 2. The Morgan fingerprint density at radius 3 is 2.37 bits per heavy atom. The molecule has 6 nitrogen and oxygen atoms in total. The summed E-state index contributed by atoms with van der Waals surface area (Å²) in [7, 11) is -8.44. The van der Waals surface area contributed by atoms with Gasteiger partial charge in [-0.2, -0.15) is 21.6 Å². The first kappa shape index (κ1) is 22.7. The number of hydrogen-bond donors (Lipinski definition) is 0. The fourth-order valence-corrected chi connectivity index (χ4v) is 8.66. The van der Waals surface area contributed by atoms with Crippen LogP contribution in [0.25, 0.3) is 10.8 Å². The highest BCUT2D eigenvalue weighted by Gasteiger charge is 2.52. The summed E-state index contributed by atoms with van der Waals surface area (Å²) in [6, 6.07) is 9.51. The molecule has 0 unspecified atom stereocenters. The van der Waals surface area contributed by atoms with Crippen molar-refractivity contribution in [2.24, 2.45) is 0 Å². The molecule has 0 saturated carbocycles. The van der Waals surface area contributed by atoms with Gasteiger partial charge in [-0.25, -0.2) is 8.42 Å². The third kappa shape index (κ3) is 4.68. The monoisotopic (exact) mass is 466 g/mol. The van der Waals surface area contributed by atoms with Crippen LogP contribution < -0.4 is 4.74 Å². The molecule has 166 valence electrons. The lowest BCUT2D eigenvalue weighted by atomic mass is 10.1. The highest BCUT2D eigenvalue weighted by molar-refractivity contribution is 8.33. The average Bonchev–Trinajstić information content (AvgIpc) is 3.08. The Morgan fingerprint density at radius 1 is 1.10 bits per heavy atom. The minimum atomic E-state index is -5.74. The van der Waals surface area contributed by atoms with E-state index in [9.17, 15) is 26.4 Å². The SMILES string of the molecule is CC(C)OC(=O)Oc1ccc2c(S3(OS(=O)(=O)C(F)(F)F)CCCC3)cccc2c1. The van der Waals surface area contributed by atoms with Gasteiger partial charge in [0.25, 0.3) is 0 Å². The third-order valence-corrected chi connectivity index (χ3v) is 9.83. The lowest BCUT2D eigenvalue weighted by Crippen LogP contribution is -2.27. The van der Waals surface area contributed by atoms with Gasteiger partial charge in [-0.05, 0) is 61.7 Å². The fourth-order valence-electron chi connectivity index (χ4n) is 3.24. The molecule has 1 saturated heterocycles. The summed E-state index contributed by atoms with van der Waals surface area (Å²) in [4.78, 5) is 12.1. The van der Waals surface area contributed by atoms with Gasteiger partial charge in [-0.1, -0.05) is 22.4 Å². The van der Waals surface area contributed by atoms with Crippen molar-refractivity contribution in [2.45, 2.75) is 43.2 Å². The van der Waals surface area contributed by atoms with Gasteiger partial charge in [-0.3, -0.25) is 0 Å². The molecule has 0 N–H and O–H groups in total. The molecule has 11 heteroatoms. The Labute approximate surface area is 173 Å². The molecular weight excluding hydrogens is 445 g/mol. The molecule has 0 aliphatic carbocycles. The van der Waals surface area contributed by atoms with Crippen molar-refractivity contribution in [3.63, 3.8) is 0 Å². The minimum absolute atomic E-state index is 0.199. The minimum Gasteiger partial charge on any atom is -0.431 e. The summed E-state index contributed by atoms with van der Waals surface area (Å²) in [5.74, 6) is 0.644. The van der Waals surface area contributed by atoms with Gasteiger partial charge in [0.15, 0.2) is 0 Å². The van der Waals surface area contributed by atoms with Crippen molar-refractivity contribution in [3.05, 3.63) is 36.4 Å². The molecule has 1 aliphatic rings. The van der Waals surface area contributed by atoms with Gasteiger partial charge in [0.2, 0.25) is 0 Å². The molecule has 1 aliphatic heterocycles. The second-order valence-corrected chi connectivity index (χ2v) is 11.8. The number of halogens is 3. The Kier molecular flexibility index (Phi) is 6.26. The zero-order valence-corrected chi connectivity index (χ0v) is 17.9. The molecule has 0 radical (unpaired) electrons. The van der Waals surface area contributed by atoms with Crippen molar-refractivity contribution in [1.82, 2.24) is 0 Å². The van der Waals surface area contributed by atoms with Crippen LogP contribution in [0, 0.1) is 0 Å². The van der Waals surface area contributed by atoms with Crippen LogP contribution in [0.2, 0.25) is 0 Å². The molecule has 1 heterocycles. The van der Waals surface area contributed by atoms with Crippen LogP contribution in [0.15, 0.2) is 41.3 Å². The van der Waals surface area contributed by atoms with E-state index in [4.69, 9.17) is 13.1 Å². The highest BCUT2D eigenvalue weighted by atomic mass is 32.3. The van der Waals surface area contributed by atoms with Crippen molar-refractivity contribution >= 4 is 37.4 Å². The van der Waals surface area contributed by atoms with Gasteiger partial charge < -0.3 is 9.47 Å². The Bertz CT molecular complexity index is 1040. The molecule has 2 aromatic carbocycles. The van der Waals surface area contributed by atoms with E-state index in [1.807, 2.05) is 0 Å². The molecule has 3 rings (SSSR count). The predicted octanol–water partition coefficient (Wildman–Crippen LogP) is 5.50. The molecule has 0 bridgehead atoms. The second kappa shape index (κ2) is 8.27. The number of rotatable bonds is 5. The Hall–Kier alpha value is -1.98. The van der Waals surface area contributed by atoms with E-state index in [0.717, 1.165) is 0 Å². The number of carbonyl (C=O) groups excluding carboxylic acids is 1. The Morgan fingerprint density at radius 2 is 1.77 bits per heavy atom. The van der Waals surface area contributed by atoms with Crippen LogP contribution in [0.1, 0.15) is 26.7 Å². The van der Waals surface area contributed by atoms with Gasteiger partial charge >= 0.3 is 21.8 Å². The number of alkyl halides is 3. The maximum atomic E-state index is 13.0. The quantitative estimate of drug-likeness (QED) is 0.329. The molecule has 0 spiro atoms. The number of fused-ring (bicyclic) bond motifs is 1. The number of hydrogen-bond acceptors (Lipinski definition) is 6. The summed E-state index contributed by atoms with van der Waals surface area (Å²) in [6.07, 6.45) is -0.0935. The van der Waals surface area contributed by atoms with E-state index in [1.165, 1.54) is 6.07 Å². The van der Waals surface area contributed by atoms with Crippen LogP contribution in [0.3, 0.4) is 0 Å². The first-order chi connectivity index (χ1) is 13.9. The van der Waals surface area contributed by atoms with Crippen molar-refractivity contribution < 1.29 is 39.5 Å². The molecule has 0 aromatic heterocycles. The lowest BCUT2D eigenvalue weighted by Gasteiger charge is -2.35. The summed E-state index contributed by atoms with van der Waals surface area (Å²) < 4.78 is 77.5. The lowest BCUT2D eigenvalue weighted by molar-refractivity contribution is -0.0496. The van der Waals surface area contributed by atoms with E-state index >= 15 is 0 Å². The standard InChI is InChI=1S/C19H21F3O6S2/c1-13(2)26-18(23)27-15-8-9-16-14(12-15)6-5-7-17(16)29(10-3-4-11-29)28-30(24,25)19(20,21)22/h5-9,12-13H,3-4,10-11H2,1-2H3. The Balaban J connectivity index is 2.01. The van der Waals surface area contributed by atoms with Gasteiger partial charge in [0.1, 0.15) is 5.75 Å². The molecule has 0 amide bonds. The van der Waals surface area contributed by atoms with E-state index in [-0.39, 0.29) is 23.4 Å². The summed E-state index contributed by atoms with van der Waals surface area (Å²) >= 11 is 0. The average molecular weight is 466 g/mol. The predicted molar refractivity (Wildman–Crippen MR) is 107 cm³/mol. The first-order valence-corrected chi connectivity index (χ1v) is 12.5. The zero-order chi connectivity index (χ0) is 22.2. The van der Waals surface area contributed by atoms with Crippen LogP contribution in [0.4, 0.5) is 18.0 Å². The molecule has 0 atom stereocenters. The largest absolute Gasteiger partial charge is 0.523 e. The van der Waals surface area contributed by atoms with Gasteiger partial charge in [0, 0.05) is 16.4 Å². The molecule has 2 aromatic rings. The molecule has 1 fully saturated rings. The van der Waals surface area contributed by atoms with Crippen molar-refractivity contribution in [1.29, 1.82) is 0 Å². The van der Waals surface area contributed by atoms with Crippen LogP contribution in [-0.4, -0.2) is 37.7 Å². The second-order valence-electron chi connectivity index (χ2n) is 7.05. The third-order valence-electron chi connectivity index (χ3n) is 4.45. The van der Waals surface area contributed by atoms with E-state index < -0.39 is 32.1 Å². The zero-order valence-electron chi connectivity index (χ0n) is 16.3. The summed E-state index contributed by atoms with van der Waals surface area (Å²) in [6.45, 7) is 3.35. The van der Waals surface area contributed by atoms with Crippen LogP contribution in [-0.2, 0) is 18.5 Å². The summed E-state index contributed by atoms with van der Waals surface area (Å²) in [5.41, 5.74) is -5.49. The van der Waals surface area contributed by atoms with E-state index in [1.54, 1.807) is 44.2 Å². The van der Waals surface area contributed by atoms with Crippen LogP contribution in [0.5, 0.6) is 5.75 Å².